The first kappa shape index (κ1) is 15.7. The first-order chi connectivity index (χ1) is 11.0. The molecule has 2 heterocycles. The van der Waals surface area contributed by atoms with E-state index in [0.29, 0.717) is 18.0 Å². The monoisotopic (exact) mass is 313 g/mol. The van der Waals surface area contributed by atoms with Crippen LogP contribution >= 0.6 is 0 Å². The molecule has 0 aliphatic carbocycles. The van der Waals surface area contributed by atoms with E-state index in [1.165, 1.54) is 0 Å². The zero-order chi connectivity index (χ0) is 16.6. The maximum absolute atomic E-state index is 12.9. The largest absolute Gasteiger partial charge is 0.497 e. The van der Waals surface area contributed by atoms with Crippen LogP contribution in [0.4, 0.5) is 0 Å². The van der Waals surface area contributed by atoms with Crippen molar-refractivity contribution >= 4 is 16.8 Å². The van der Waals surface area contributed by atoms with Crippen LogP contribution < -0.4 is 10.5 Å². The number of nitrogens with two attached hydrogens (primary N) is 1. The van der Waals surface area contributed by atoms with E-state index in [2.05, 4.69) is 11.9 Å². The van der Waals surface area contributed by atoms with Crippen LogP contribution in [0.5, 0.6) is 5.75 Å². The molecule has 2 unspecified atom stereocenters. The molecular weight excluding hydrogens is 290 g/mol. The van der Waals surface area contributed by atoms with Crippen molar-refractivity contribution in [1.29, 1.82) is 0 Å². The molecule has 2 N–H and O–H groups in total. The van der Waals surface area contributed by atoms with Gasteiger partial charge in [-0.1, -0.05) is 0 Å². The van der Waals surface area contributed by atoms with Gasteiger partial charge < -0.3 is 15.4 Å². The molecule has 0 saturated carbocycles. The van der Waals surface area contributed by atoms with Crippen LogP contribution in [0.2, 0.25) is 0 Å². The number of hydrogen-bond acceptors (Lipinski definition) is 4. The number of aromatic nitrogens is 1. The Morgan fingerprint density at radius 1 is 1.43 bits per heavy atom. The molecule has 2 atom stereocenters. The molecule has 122 valence electrons. The predicted octanol–water partition coefficient (Wildman–Crippen LogP) is 2.36. The molecule has 1 aromatic heterocycles. The second-order valence-corrected chi connectivity index (χ2v) is 6.32. The van der Waals surface area contributed by atoms with Crippen LogP contribution in [-0.2, 0) is 0 Å². The molecule has 1 saturated heterocycles. The summed E-state index contributed by atoms with van der Waals surface area (Å²) in [6, 6.07) is 7.87. The van der Waals surface area contributed by atoms with Crippen LogP contribution in [-0.4, -0.2) is 42.0 Å². The molecule has 1 aliphatic rings. The van der Waals surface area contributed by atoms with Gasteiger partial charge in [0.25, 0.3) is 5.91 Å². The molecule has 5 nitrogen and oxygen atoms in total. The van der Waals surface area contributed by atoms with Gasteiger partial charge in [0.05, 0.1) is 23.9 Å². The molecule has 1 fully saturated rings. The third kappa shape index (κ3) is 2.88. The van der Waals surface area contributed by atoms with Gasteiger partial charge in [-0.3, -0.25) is 9.78 Å². The summed E-state index contributed by atoms with van der Waals surface area (Å²) in [6.07, 6.45) is 0.972. The number of ether oxygens (including phenoxy) is 1. The number of hydrogen-bond donors (Lipinski definition) is 1. The molecule has 1 aliphatic heterocycles. The smallest absolute Gasteiger partial charge is 0.255 e. The minimum absolute atomic E-state index is 0.0520. The summed E-state index contributed by atoms with van der Waals surface area (Å²) in [5.41, 5.74) is 8.03. The number of nitrogens with zero attached hydrogens (tertiary/aromatic N) is 2. The standard InChI is InChI=1S/C18H23N3O2/c1-11-6-13(9-19)10-21(11)18(22)16-7-14-4-5-15(23-3)8-17(14)20-12(16)2/h4-5,7-8,11,13H,6,9-10,19H2,1-3H3. The number of amides is 1. The van der Waals surface area contributed by atoms with Gasteiger partial charge in [-0.15, -0.1) is 0 Å². The fraction of sp³-hybridized carbons (Fsp3) is 0.444. The number of benzene rings is 1. The van der Waals surface area contributed by atoms with Crippen molar-refractivity contribution in [2.24, 2.45) is 11.7 Å². The van der Waals surface area contributed by atoms with E-state index in [1.54, 1.807) is 7.11 Å². The Hall–Kier alpha value is -2.14. The minimum atomic E-state index is 0.0520. The van der Waals surface area contributed by atoms with Crippen molar-refractivity contribution < 1.29 is 9.53 Å². The van der Waals surface area contributed by atoms with Crippen LogP contribution in [0.25, 0.3) is 10.9 Å². The summed E-state index contributed by atoms with van der Waals surface area (Å²) in [6.45, 7) is 5.33. The SMILES string of the molecule is COc1ccc2cc(C(=O)N3CC(CN)CC3C)c(C)nc2c1. The van der Waals surface area contributed by atoms with Crippen molar-refractivity contribution in [1.82, 2.24) is 9.88 Å². The Morgan fingerprint density at radius 2 is 2.22 bits per heavy atom. The number of methoxy groups -OCH3 is 1. The summed E-state index contributed by atoms with van der Waals surface area (Å²) in [5.74, 6) is 1.21. The number of aryl methyl sites for hydroxylation is 1. The van der Waals surface area contributed by atoms with Gasteiger partial charge in [0, 0.05) is 24.0 Å². The summed E-state index contributed by atoms with van der Waals surface area (Å²) < 4.78 is 5.23. The number of likely N-dealkylation sites (tertiary alicyclic amines) is 1. The number of carbonyl (C=O) groups is 1. The Morgan fingerprint density at radius 3 is 2.87 bits per heavy atom. The Labute approximate surface area is 136 Å². The van der Waals surface area contributed by atoms with E-state index in [9.17, 15) is 4.79 Å². The number of carbonyl (C=O) groups excluding carboxylic acids is 1. The van der Waals surface area contributed by atoms with E-state index >= 15 is 0 Å². The van der Waals surface area contributed by atoms with E-state index in [1.807, 2.05) is 36.1 Å². The molecule has 5 heteroatoms. The molecule has 1 aromatic carbocycles. The van der Waals surface area contributed by atoms with Gasteiger partial charge in [0.2, 0.25) is 0 Å². The zero-order valence-electron chi connectivity index (χ0n) is 13.9. The maximum atomic E-state index is 12.9. The summed E-state index contributed by atoms with van der Waals surface area (Å²) in [5, 5.41) is 0.946. The normalized spacial score (nSPS) is 21.0. The van der Waals surface area contributed by atoms with Crippen molar-refractivity contribution in [3.05, 3.63) is 35.5 Å². The lowest BCUT2D eigenvalue weighted by Gasteiger charge is -2.22. The molecule has 1 amide bonds. The highest BCUT2D eigenvalue weighted by atomic mass is 16.5. The highest BCUT2D eigenvalue weighted by molar-refractivity contribution is 5.99. The van der Waals surface area contributed by atoms with Gasteiger partial charge in [0.15, 0.2) is 0 Å². The Balaban J connectivity index is 1.96. The van der Waals surface area contributed by atoms with Crippen molar-refractivity contribution in [3.8, 4) is 5.75 Å². The molecule has 3 rings (SSSR count). The van der Waals surface area contributed by atoms with Crippen molar-refractivity contribution in [3.63, 3.8) is 0 Å². The van der Waals surface area contributed by atoms with Gasteiger partial charge in [-0.05, 0) is 50.9 Å². The highest BCUT2D eigenvalue weighted by Crippen LogP contribution is 2.27. The van der Waals surface area contributed by atoms with Gasteiger partial charge in [-0.25, -0.2) is 0 Å². The fourth-order valence-corrected chi connectivity index (χ4v) is 3.34. The first-order valence-electron chi connectivity index (χ1n) is 8.00. The third-order valence-corrected chi connectivity index (χ3v) is 4.70. The number of rotatable bonds is 3. The number of fused-ring (bicyclic) bond motifs is 1. The zero-order valence-corrected chi connectivity index (χ0v) is 13.9. The molecule has 0 radical (unpaired) electrons. The average molecular weight is 313 g/mol. The quantitative estimate of drug-likeness (QED) is 0.944. The average Bonchev–Trinajstić information content (AvgIpc) is 2.94. The molecule has 0 spiro atoms. The Bertz CT molecular complexity index is 744. The van der Waals surface area contributed by atoms with Crippen molar-refractivity contribution in [2.75, 3.05) is 20.2 Å². The highest BCUT2D eigenvalue weighted by Gasteiger charge is 2.32. The third-order valence-electron chi connectivity index (χ3n) is 4.70. The minimum Gasteiger partial charge on any atom is -0.497 e. The lowest BCUT2D eigenvalue weighted by atomic mass is 10.1. The second kappa shape index (κ2) is 6.16. The van der Waals surface area contributed by atoms with Crippen molar-refractivity contribution in [2.45, 2.75) is 26.3 Å². The van der Waals surface area contributed by atoms with Gasteiger partial charge in [-0.2, -0.15) is 0 Å². The molecule has 23 heavy (non-hydrogen) atoms. The van der Waals surface area contributed by atoms with Crippen LogP contribution in [0, 0.1) is 12.8 Å². The fourth-order valence-electron chi connectivity index (χ4n) is 3.34. The van der Waals surface area contributed by atoms with E-state index in [-0.39, 0.29) is 11.9 Å². The second-order valence-electron chi connectivity index (χ2n) is 6.32. The lowest BCUT2D eigenvalue weighted by Crippen LogP contribution is -2.35. The van der Waals surface area contributed by atoms with Gasteiger partial charge >= 0.3 is 0 Å². The number of pyridine rings is 1. The lowest BCUT2D eigenvalue weighted by molar-refractivity contribution is 0.0742. The van der Waals surface area contributed by atoms with Crippen LogP contribution in [0.1, 0.15) is 29.4 Å². The predicted molar refractivity (Wildman–Crippen MR) is 90.7 cm³/mol. The van der Waals surface area contributed by atoms with Gasteiger partial charge in [0.1, 0.15) is 5.75 Å². The molecular formula is C18H23N3O2. The molecule has 0 bridgehead atoms. The molecule has 2 aromatic rings. The summed E-state index contributed by atoms with van der Waals surface area (Å²) in [4.78, 5) is 19.4. The van der Waals surface area contributed by atoms with E-state index < -0.39 is 0 Å². The van der Waals surface area contributed by atoms with Crippen LogP contribution in [0.3, 0.4) is 0 Å². The van der Waals surface area contributed by atoms with Crippen LogP contribution in [0.15, 0.2) is 24.3 Å². The first-order valence-corrected chi connectivity index (χ1v) is 8.00. The van der Waals surface area contributed by atoms with E-state index in [0.717, 1.165) is 35.3 Å². The summed E-state index contributed by atoms with van der Waals surface area (Å²) in [7, 11) is 1.63. The van der Waals surface area contributed by atoms with E-state index in [4.69, 9.17) is 10.5 Å². The summed E-state index contributed by atoms with van der Waals surface area (Å²) >= 11 is 0. The maximum Gasteiger partial charge on any atom is 0.255 e. The topological polar surface area (TPSA) is 68.5 Å². The Kier molecular flexibility index (Phi) is 4.22.